The van der Waals surface area contributed by atoms with Gasteiger partial charge in [-0.25, -0.2) is 0 Å². The predicted octanol–water partition coefficient (Wildman–Crippen LogP) is -0.236. The van der Waals surface area contributed by atoms with Crippen LogP contribution in [0.5, 0.6) is 0 Å². The van der Waals surface area contributed by atoms with E-state index in [2.05, 4.69) is 15.8 Å². The molecule has 0 spiro atoms. The molecular weight excluding hydrogens is 366 g/mol. The fourth-order valence-corrected chi connectivity index (χ4v) is 2.90. The number of rotatable bonds is 8. The summed E-state index contributed by atoms with van der Waals surface area (Å²) in [6, 6.07) is 5.68. The standard InChI is InChI=1S/C18H24N5O5/c1-2-14(24)18(17(20)26,28-13-7-9-21-10-8-13)22-16(25)12-5-3-11(4-6-12)15(19)23-27/h3-6,13,20-21,27H,2,7-10H2,1H3,(H2,19,23)(H,22,25). The van der Waals surface area contributed by atoms with Gasteiger partial charge in [0.1, 0.15) is 0 Å². The summed E-state index contributed by atoms with van der Waals surface area (Å²) in [5.74, 6) is -2.88. The van der Waals surface area contributed by atoms with Crippen LogP contribution in [0, 0.1) is 0 Å². The van der Waals surface area contributed by atoms with Crippen molar-refractivity contribution in [2.45, 2.75) is 38.0 Å². The Hall–Kier alpha value is -2.98. The van der Waals surface area contributed by atoms with Crippen LogP contribution in [-0.2, 0) is 14.3 Å². The smallest absolute Gasteiger partial charge is 0.300 e. The molecule has 1 unspecified atom stereocenters. The molecule has 151 valence electrons. The highest BCUT2D eigenvalue weighted by Gasteiger charge is 2.48. The molecule has 1 aromatic carbocycles. The van der Waals surface area contributed by atoms with Gasteiger partial charge in [0.05, 0.1) is 6.10 Å². The zero-order valence-electron chi connectivity index (χ0n) is 15.5. The zero-order valence-corrected chi connectivity index (χ0v) is 15.5. The monoisotopic (exact) mass is 390 g/mol. The number of nitrogens with zero attached hydrogens (tertiary/aromatic N) is 1. The molecule has 1 fully saturated rings. The van der Waals surface area contributed by atoms with Gasteiger partial charge in [-0.15, -0.1) is 0 Å². The number of piperidine rings is 1. The minimum absolute atomic E-state index is 0.0850. The van der Waals surface area contributed by atoms with E-state index >= 15 is 0 Å². The highest BCUT2D eigenvalue weighted by atomic mass is 16.5. The number of hydrogen-bond donors (Lipinski definition) is 4. The Morgan fingerprint density at radius 3 is 2.36 bits per heavy atom. The van der Waals surface area contributed by atoms with Crippen LogP contribution in [0.2, 0.25) is 0 Å². The van der Waals surface area contributed by atoms with Gasteiger partial charge < -0.3 is 26.3 Å². The number of hydrogen-bond acceptors (Lipinski definition) is 7. The van der Waals surface area contributed by atoms with Crippen molar-refractivity contribution in [1.82, 2.24) is 16.4 Å². The molecule has 2 rings (SSSR count). The summed E-state index contributed by atoms with van der Waals surface area (Å²) in [5.41, 5.74) is 11.3. The van der Waals surface area contributed by atoms with Crippen molar-refractivity contribution in [1.29, 1.82) is 0 Å². The Kier molecular flexibility index (Phi) is 7.07. The van der Waals surface area contributed by atoms with Crippen LogP contribution < -0.4 is 22.1 Å². The van der Waals surface area contributed by atoms with E-state index in [1.54, 1.807) is 0 Å². The first-order valence-electron chi connectivity index (χ1n) is 8.92. The number of ether oxygens (including phenoxy) is 1. The number of nitrogens with two attached hydrogens (primary N) is 1. The molecule has 0 aromatic heterocycles. The van der Waals surface area contributed by atoms with E-state index in [1.165, 1.54) is 31.2 Å². The normalized spacial score (nSPS) is 17.5. The molecule has 1 heterocycles. The number of benzene rings is 1. The van der Waals surface area contributed by atoms with Crippen LogP contribution in [0.1, 0.15) is 42.1 Å². The molecule has 10 heteroatoms. The van der Waals surface area contributed by atoms with Crippen molar-refractivity contribution in [3.63, 3.8) is 0 Å². The third-order valence-corrected chi connectivity index (χ3v) is 4.50. The maximum absolute atomic E-state index is 12.7. The maximum atomic E-state index is 12.7. The summed E-state index contributed by atoms with van der Waals surface area (Å²) >= 11 is 0. The van der Waals surface area contributed by atoms with E-state index < -0.39 is 29.4 Å². The van der Waals surface area contributed by atoms with Gasteiger partial charge in [-0.1, -0.05) is 24.2 Å². The molecule has 6 N–H and O–H groups in total. The average Bonchev–Trinajstić information content (AvgIpc) is 2.72. The summed E-state index contributed by atoms with van der Waals surface area (Å²) in [6.07, 6.45) is 0.583. The lowest BCUT2D eigenvalue weighted by molar-refractivity contribution is -0.171. The number of carbonyl (C=O) groups excluding carboxylic acids is 3. The molecule has 10 nitrogen and oxygen atoms in total. The number of amidine groups is 1. The van der Waals surface area contributed by atoms with Gasteiger partial charge in [-0.2, -0.15) is 0 Å². The second kappa shape index (κ2) is 9.29. The number of amides is 2. The van der Waals surface area contributed by atoms with Gasteiger partial charge in [0.2, 0.25) is 0 Å². The van der Waals surface area contributed by atoms with Gasteiger partial charge in [-0.05, 0) is 38.1 Å². The summed E-state index contributed by atoms with van der Waals surface area (Å²) in [7, 11) is 0. The zero-order chi connectivity index (χ0) is 20.7. The summed E-state index contributed by atoms with van der Waals surface area (Å²) in [4.78, 5) is 37.3. The lowest BCUT2D eigenvalue weighted by Gasteiger charge is -2.35. The molecular formula is C18H24N5O5. The molecule has 0 aliphatic carbocycles. The molecule has 1 atom stereocenters. The van der Waals surface area contributed by atoms with Crippen LogP contribution in [0.25, 0.3) is 0 Å². The first kappa shape index (κ1) is 21.3. The van der Waals surface area contributed by atoms with E-state index in [0.717, 1.165) is 0 Å². The molecule has 1 aliphatic heterocycles. The van der Waals surface area contributed by atoms with Gasteiger partial charge in [-0.3, -0.25) is 20.1 Å². The van der Waals surface area contributed by atoms with Gasteiger partial charge >= 0.3 is 0 Å². The highest BCUT2D eigenvalue weighted by molar-refractivity contribution is 6.12. The topological polar surface area (TPSA) is 167 Å². The summed E-state index contributed by atoms with van der Waals surface area (Å²) in [5, 5.41) is 17.0. The number of nitrogens with one attached hydrogen (secondary N) is 3. The fraction of sp³-hybridized carbons (Fsp3) is 0.444. The van der Waals surface area contributed by atoms with Crippen molar-refractivity contribution < 1.29 is 24.3 Å². The van der Waals surface area contributed by atoms with E-state index in [9.17, 15) is 14.4 Å². The molecule has 28 heavy (non-hydrogen) atoms. The fourth-order valence-electron chi connectivity index (χ4n) is 2.90. The van der Waals surface area contributed by atoms with Crippen molar-refractivity contribution in [3.05, 3.63) is 35.4 Å². The Morgan fingerprint density at radius 1 is 1.29 bits per heavy atom. The number of oxime groups is 1. The first-order chi connectivity index (χ1) is 13.3. The molecule has 2 amide bonds. The van der Waals surface area contributed by atoms with Crippen LogP contribution in [-0.4, -0.2) is 53.6 Å². The SMILES string of the molecule is CCC(=O)C(NC(=O)c1ccc(/C(N)=N\O)cc1)(OC1CCNCC1)C([NH])=O. The van der Waals surface area contributed by atoms with E-state index in [1.807, 2.05) is 0 Å². The van der Waals surface area contributed by atoms with Crippen LogP contribution in [0.15, 0.2) is 29.4 Å². The Bertz CT molecular complexity index is 758. The molecule has 1 radical (unpaired) electrons. The lowest BCUT2D eigenvalue weighted by atomic mass is 10.0. The summed E-state index contributed by atoms with van der Waals surface area (Å²) in [6.45, 7) is 2.83. The Labute approximate surface area is 162 Å². The van der Waals surface area contributed by atoms with Crippen LogP contribution >= 0.6 is 0 Å². The number of ketones is 1. The molecule has 1 aliphatic rings. The average molecular weight is 390 g/mol. The highest BCUT2D eigenvalue weighted by Crippen LogP contribution is 2.20. The molecule has 0 bridgehead atoms. The largest absolute Gasteiger partial charge is 0.409 e. The van der Waals surface area contributed by atoms with Gasteiger partial charge in [0, 0.05) is 17.5 Å². The van der Waals surface area contributed by atoms with E-state index in [4.69, 9.17) is 21.4 Å². The molecule has 1 aromatic rings. The van der Waals surface area contributed by atoms with E-state index in [0.29, 0.717) is 31.5 Å². The van der Waals surface area contributed by atoms with Crippen molar-refractivity contribution >= 4 is 23.4 Å². The Morgan fingerprint density at radius 2 is 1.86 bits per heavy atom. The first-order valence-corrected chi connectivity index (χ1v) is 8.92. The minimum atomic E-state index is -2.35. The van der Waals surface area contributed by atoms with Crippen molar-refractivity contribution in [2.24, 2.45) is 10.9 Å². The lowest BCUT2D eigenvalue weighted by Crippen LogP contribution is -2.64. The minimum Gasteiger partial charge on any atom is -0.409 e. The quantitative estimate of drug-likeness (QED) is 0.119. The molecule has 1 saturated heterocycles. The third kappa shape index (κ3) is 4.65. The van der Waals surface area contributed by atoms with Crippen molar-refractivity contribution in [3.8, 4) is 0 Å². The Balaban J connectivity index is 2.28. The van der Waals surface area contributed by atoms with Crippen LogP contribution in [0.3, 0.4) is 0 Å². The second-order valence-corrected chi connectivity index (χ2v) is 6.37. The van der Waals surface area contributed by atoms with Gasteiger partial charge in [0.25, 0.3) is 17.5 Å². The number of Topliss-reactive ketones (excluding diaryl/α,β-unsaturated/α-hetero) is 1. The van der Waals surface area contributed by atoms with Crippen LogP contribution in [0.4, 0.5) is 0 Å². The van der Waals surface area contributed by atoms with Gasteiger partial charge in [0.15, 0.2) is 11.6 Å². The summed E-state index contributed by atoms with van der Waals surface area (Å²) < 4.78 is 5.73. The predicted molar refractivity (Wildman–Crippen MR) is 99.5 cm³/mol. The second-order valence-electron chi connectivity index (χ2n) is 6.37. The van der Waals surface area contributed by atoms with E-state index in [-0.39, 0.29) is 17.8 Å². The molecule has 0 saturated carbocycles. The van der Waals surface area contributed by atoms with Crippen molar-refractivity contribution in [2.75, 3.05) is 13.1 Å². The maximum Gasteiger partial charge on any atom is 0.300 e. The number of carbonyl (C=O) groups is 3. The third-order valence-electron chi connectivity index (χ3n) is 4.50.